The summed E-state index contributed by atoms with van der Waals surface area (Å²) in [7, 11) is 0. The predicted molar refractivity (Wildman–Crippen MR) is 96.9 cm³/mol. The zero-order valence-electron chi connectivity index (χ0n) is 13.4. The predicted octanol–water partition coefficient (Wildman–Crippen LogP) is 3.02. The van der Waals surface area contributed by atoms with Crippen LogP contribution in [0.2, 0.25) is 0 Å². The number of aromatic nitrogens is 1. The van der Waals surface area contributed by atoms with Crippen LogP contribution in [0.1, 0.15) is 10.4 Å². The van der Waals surface area contributed by atoms with Crippen LogP contribution in [-0.2, 0) is 0 Å². The minimum Gasteiger partial charge on any atom is -0.336 e. The van der Waals surface area contributed by atoms with Gasteiger partial charge in [0, 0.05) is 36.0 Å². The van der Waals surface area contributed by atoms with Gasteiger partial charge in [-0.3, -0.25) is 14.7 Å². The number of para-hydroxylation sites is 1. The molecule has 0 atom stereocenters. The highest BCUT2D eigenvalue weighted by atomic mass is 16.2. The number of urea groups is 1. The van der Waals surface area contributed by atoms with Crippen molar-refractivity contribution in [1.82, 2.24) is 10.3 Å². The molecule has 0 aliphatic carbocycles. The highest BCUT2D eigenvalue weighted by molar-refractivity contribution is 6.12. The fourth-order valence-corrected chi connectivity index (χ4v) is 2.93. The van der Waals surface area contributed by atoms with Crippen molar-refractivity contribution in [1.29, 1.82) is 0 Å². The summed E-state index contributed by atoms with van der Waals surface area (Å²) >= 11 is 0. The van der Waals surface area contributed by atoms with Crippen LogP contribution < -0.4 is 15.5 Å². The van der Waals surface area contributed by atoms with E-state index in [1.165, 1.54) is 0 Å². The Morgan fingerprint density at radius 1 is 1.08 bits per heavy atom. The summed E-state index contributed by atoms with van der Waals surface area (Å²) in [6.45, 7) is 1.29. The quantitative estimate of drug-likeness (QED) is 0.774. The standard InChI is InChI=1S/C19H16N4O2/c24-18(16-9-10-20-17-4-2-1-3-15(16)17)22-13-5-7-14(8-6-13)23-12-11-21-19(23)25/h1-10H,11-12H2,(H,21,25)(H,22,24). The average Bonchev–Trinajstić information content (AvgIpc) is 3.08. The minimum absolute atomic E-state index is 0.0972. The van der Waals surface area contributed by atoms with Crippen molar-refractivity contribution in [3.05, 3.63) is 66.4 Å². The molecule has 3 aromatic rings. The van der Waals surface area contributed by atoms with Crippen molar-refractivity contribution < 1.29 is 9.59 Å². The number of carbonyl (C=O) groups excluding carboxylic acids is 2. The Bertz CT molecular complexity index is 948. The molecule has 3 amide bonds. The van der Waals surface area contributed by atoms with Crippen LogP contribution in [0.5, 0.6) is 0 Å². The van der Waals surface area contributed by atoms with Gasteiger partial charge >= 0.3 is 6.03 Å². The van der Waals surface area contributed by atoms with Gasteiger partial charge in [0.15, 0.2) is 0 Å². The van der Waals surface area contributed by atoms with Crippen molar-refractivity contribution in [2.45, 2.75) is 0 Å². The van der Waals surface area contributed by atoms with E-state index >= 15 is 0 Å². The molecular formula is C19H16N4O2. The third kappa shape index (κ3) is 2.89. The number of pyridine rings is 1. The number of nitrogens with zero attached hydrogens (tertiary/aromatic N) is 2. The molecule has 2 heterocycles. The maximum atomic E-state index is 12.6. The van der Waals surface area contributed by atoms with Crippen molar-refractivity contribution in [2.24, 2.45) is 0 Å². The number of anilines is 2. The van der Waals surface area contributed by atoms with E-state index in [2.05, 4.69) is 15.6 Å². The normalized spacial score (nSPS) is 13.8. The van der Waals surface area contributed by atoms with Gasteiger partial charge in [0.2, 0.25) is 0 Å². The second-order valence-electron chi connectivity index (χ2n) is 5.76. The molecule has 1 fully saturated rings. The van der Waals surface area contributed by atoms with E-state index in [1.54, 1.807) is 29.3 Å². The summed E-state index contributed by atoms with van der Waals surface area (Å²) in [4.78, 5) is 30.2. The summed E-state index contributed by atoms with van der Waals surface area (Å²) in [5, 5.41) is 6.47. The van der Waals surface area contributed by atoms with Crippen LogP contribution in [0.15, 0.2) is 60.8 Å². The second kappa shape index (κ2) is 6.24. The topological polar surface area (TPSA) is 74.3 Å². The maximum Gasteiger partial charge on any atom is 0.321 e. The van der Waals surface area contributed by atoms with Crippen molar-refractivity contribution in [2.75, 3.05) is 23.3 Å². The third-order valence-corrected chi connectivity index (χ3v) is 4.19. The average molecular weight is 332 g/mol. The van der Waals surface area contributed by atoms with Crippen LogP contribution >= 0.6 is 0 Å². The van der Waals surface area contributed by atoms with Gasteiger partial charge in [0.25, 0.3) is 5.91 Å². The summed E-state index contributed by atoms with van der Waals surface area (Å²) in [5.74, 6) is -0.190. The number of rotatable bonds is 3. The molecule has 0 saturated carbocycles. The van der Waals surface area contributed by atoms with Gasteiger partial charge in [0.1, 0.15) is 0 Å². The van der Waals surface area contributed by atoms with E-state index in [-0.39, 0.29) is 11.9 Å². The number of nitrogens with one attached hydrogen (secondary N) is 2. The van der Waals surface area contributed by atoms with Crippen LogP contribution in [0.3, 0.4) is 0 Å². The Balaban J connectivity index is 1.55. The molecule has 0 spiro atoms. The lowest BCUT2D eigenvalue weighted by molar-refractivity contribution is 0.102. The summed E-state index contributed by atoms with van der Waals surface area (Å²) in [6, 6.07) is 16.4. The lowest BCUT2D eigenvalue weighted by atomic mass is 10.1. The number of benzene rings is 2. The second-order valence-corrected chi connectivity index (χ2v) is 5.76. The maximum absolute atomic E-state index is 12.6. The summed E-state index contributed by atoms with van der Waals surface area (Å²) < 4.78 is 0. The Morgan fingerprint density at radius 2 is 1.88 bits per heavy atom. The Hall–Kier alpha value is -3.41. The fourth-order valence-electron chi connectivity index (χ4n) is 2.93. The molecule has 4 rings (SSSR count). The summed E-state index contributed by atoms with van der Waals surface area (Å²) in [5.41, 5.74) is 2.84. The SMILES string of the molecule is O=C(Nc1ccc(N2CCNC2=O)cc1)c1ccnc2ccccc12. The molecule has 6 nitrogen and oxygen atoms in total. The van der Waals surface area contributed by atoms with Crippen LogP contribution in [0.25, 0.3) is 10.9 Å². The van der Waals surface area contributed by atoms with E-state index < -0.39 is 0 Å². The van der Waals surface area contributed by atoms with Crippen molar-refractivity contribution in [3.63, 3.8) is 0 Å². The minimum atomic E-state index is -0.190. The first-order valence-corrected chi connectivity index (χ1v) is 8.03. The van der Waals surface area contributed by atoms with Crippen LogP contribution in [-0.4, -0.2) is 30.0 Å². The highest BCUT2D eigenvalue weighted by Crippen LogP contribution is 2.21. The van der Waals surface area contributed by atoms with Gasteiger partial charge in [-0.1, -0.05) is 18.2 Å². The third-order valence-electron chi connectivity index (χ3n) is 4.19. The smallest absolute Gasteiger partial charge is 0.321 e. The van der Waals surface area contributed by atoms with Gasteiger partial charge in [-0.25, -0.2) is 4.79 Å². The first-order valence-electron chi connectivity index (χ1n) is 8.03. The molecule has 0 unspecified atom stereocenters. The van der Waals surface area contributed by atoms with Gasteiger partial charge < -0.3 is 10.6 Å². The Labute approximate surface area is 144 Å². The first-order chi connectivity index (χ1) is 12.2. The van der Waals surface area contributed by atoms with E-state index in [0.717, 1.165) is 16.6 Å². The molecular weight excluding hydrogens is 316 g/mol. The largest absolute Gasteiger partial charge is 0.336 e. The molecule has 2 N–H and O–H groups in total. The van der Waals surface area contributed by atoms with Gasteiger partial charge in [-0.15, -0.1) is 0 Å². The van der Waals surface area contributed by atoms with Crippen molar-refractivity contribution >= 4 is 34.2 Å². The lowest BCUT2D eigenvalue weighted by Gasteiger charge is -2.15. The summed E-state index contributed by atoms with van der Waals surface area (Å²) in [6.07, 6.45) is 1.63. The first kappa shape index (κ1) is 15.1. The molecule has 0 radical (unpaired) electrons. The van der Waals surface area contributed by atoms with E-state index in [9.17, 15) is 9.59 Å². The number of hydrogen-bond donors (Lipinski definition) is 2. The van der Waals surface area contributed by atoms with Gasteiger partial charge in [-0.2, -0.15) is 0 Å². The van der Waals surface area contributed by atoms with Gasteiger partial charge in [-0.05, 0) is 36.4 Å². The monoisotopic (exact) mass is 332 g/mol. The molecule has 1 aromatic heterocycles. The Morgan fingerprint density at radius 3 is 2.64 bits per heavy atom. The van der Waals surface area contributed by atoms with Crippen LogP contribution in [0.4, 0.5) is 16.2 Å². The molecule has 1 saturated heterocycles. The van der Waals surface area contributed by atoms with Crippen molar-refractivity contribution in [3.8, 4) is 0 Å². The van der Waals surface area contributed by atoms with E-state index in [1.807, 2.05) is 36.4 Å². The molecule has 1 aliphatic rings. The number of hydrogen-bond acceptors (Lipinski definition) is 3. The number of carbonyl (C=O) groups is 2. The zero-order valence-corrected chi connectivity index (χ0v) is 13.4. The molecule has 2 aromatic carbocycles. The van der Waals surface area contributed by atoms with Crippen LogP contribution in [0, 0.1) is 0 Å². The molecule has 25 heavy (non-hydrogen) atoms. The fraction of sp³-hybridized carbons (Fsp3) is 0.105. The molecule has 1 aliphatic heterocycles. The lowest BCUT2D eigenvalue weighted by Crippen LogP contribution is -2.27. The van der Waals surface area contributed by atoms with E-state index in [4.69, 9.17) is 0 Å². The zero-order chi connectivity index (χ0) is 17.2. The van der Waals surface area contributed by atoms with Gasteiger partial charge in [0.05, 0.1) is 11.1 Å². The highest BCUT2D eigenvalue weighted by Gasteiger charge is 2.20. The molecule has 0 bridgehead atoms. The Kier molecular flexibility index (Phi) is 3.78. The number of fused-ring (bicyclic) bond motifs is 1. The number of amides is 3. The molecule has 6 heteroatoms. The molecule has 124 valence electrons. The van der Waals surface area contributed by atoms with E-state index in [0.29, 0.717) is 24.3 Å².